The van der Waals surface area contributed by atoms with Crippen LogP contribution in [0.5, 0.6) is 5.75 Å². The molecule has 0 amide bonds. The first-order chi connectivity index (χ1) is 18.9. The van der Waals surface area contributed by atoms with Gasteiger partial charge in [0.1, 0.15) is 17.1 Å². The van der Waals surface area contributed by atoms with Crippen molar-refractivity contribution in [3.05, 3.63) is 64.4 Å². The maximum Gasteiger partial charge on any atom is 0.376 e. The molecule has 0 unspecified atom stereocenters. The van der Waals surface area contributed by atoms with Crippen LogP contribution in [0.4, 0.5) is 5.82 Å². The van der Waals surface area contributed by atoms with Gasteiger partial charge in [-0.2, -0.15) is 0 Å². The van der Waals surface area contributed by atoms with Crippen LogP contribution in [0.3, 0.4) is 0 Å². The smallest absolute Gasteiger partial charge is 0.376 e. The summed E-state index contributed by atoms with van der Waals surface area (Å²) in [7, 11) is 1.31. The number of nitrogens with one attached hydrogen (secondary N) is 1. The highest BCUT2D eigenvalue weighted by molar-refractivity contribution is 6.30. The summed E-state index contributed by atoms with van der Waals surface area (Å²) in [5.41, 5.74) is 3.88. The van der Waals surface area contributed by atoms with Gasteiger partial charge in [-0.25, -0.2) is 19.7 Å². The van der Waals surface area contributed by atoms with E-state index < -0.39 is 5.97 Å². The Labute approximate surface area is 232 Å². The molecule has 204 valence electrons. The number of halogens is 1. The van der Waals surface area contributed by atoms with Crippen LogP contribution in [-0.4, -0.2) is 57.0 Å². The van der Waals surface area contributed by atoms with E-state index in [0.29, 0.717) is 59.1 Å². The second-order valence-electron chi connectivity index (χ2n) is 9.90. The molecule has 2 aromatic heterocycles. The number of rotatable bonds is 11. The molecular formula is C29H32ClN5O4. The first-order valence-electron chi connectivity index (χ1n) is 13.1. The molecule has 5 rings (SSSR count). The second-order valence-corrected chi connectivity index (χ2v) is 10.3. The van der Waals surface area contributed by atoms with Crippen LogP contribution in [0, 0.1) is 12.8 Å². The Morgan fingerprint density at radius 2 is 1.95 bits per heavy atom. The Hall–Kier alpha value is -3.69. The number of nitrogens with zero attached hydrogens (tertiary/aromatic N) is 4. The van der Waals surface area contributed by atoms with E-state index in [4.69, 9.17) is 26.1 Å². The predicted molar refractivity (Wildman–Crippen MR) is 150 cm³/mol. The molecule has 39 heavy (non-hydrogen) atoms. The van der Waals surface area contributed by atoms with Crippen molar-refractivity contribution >= 4 is 34.6 Å². The number of anilines is 1. The van der Waals surface area contributed by atoms with E-state index in [1.807, 2.05) is 49.4 Å². The molecule has 1 fully saturated rings. The number of hydrogen-bond donors (Lipinski definition) is 2. The molecule has 9 nitrogen and oxygen atoms in total. The van der Waals surface area contributed by atoms with E-state index in [1.54, 1.807) is 0 Å². The molecule has 1 atom stereocenters. The molecule has 1 aliphatic rings. The second kappa shape index (κ2) is 11.6. The van der Waals surface area contributed by atoms with Gasteiger partial charge < -0.3 is 24.5 Å². The molecule has 2 N–H and O–H groups in total. The minimum Gasteiger partial charge on any atom is -0.493 e. The van der Waals surface area contributed by atoms with E-state index in [9.17, 15) is 9.90 Å². The highest BCUT2D eigenvalue weighted by Crippen LogP contribution is 2.37. The van der Waals surface area contributed by atoms with Crippen molar-refractivity contribution in [3.8, 4) is 17.1 Å². The number of aliphatic hydroxyl groups excluding tert-OH is 1. The summed E-state index contributed by atoms with van der Waals surface area (Å²) in [5, 5.41) is 13.5. The van der Waals surface area contributed by atoms with Gasteiger partial charge in [0.25, 0.3) is 0 Å². The lowest BCUT2D eigenvalue weighted by molar-refractivity contribution is 0.0587. The van der Waals surface area contributed by atoms with Gasteiger partial charge in [0, 0.05) is 30.6 Å². The molecular weight excluding hydrogens is 518 g/mol. The third-order valence-electron chi connectivity index (χ3n) is 6.85. The zero-order valence-corrected chi connectivity index (χ0v) is 23.0. The van der Waals surface area contributed by atoms with E-state index in [1.165, 1.54) is 7.11 Å². The number of carbonyl (C=O) groups excluding carboxylic acids is 1. The summed E-state index contributed by atoms with van der Waals surface area (Å²) in [4.78, 5) is 26.6. The number of aromatic nitrogens is 4. The van der Waals surface area contributed by atoms with E-state index in [0.717, 1.165) is 29.5 Å². The van der Waals surface area contributed by atoms with Crippen molar-refractivity contribution in [1.29, 1.82) is 0 Å². The number of benzene rings is 2. The lowest BCUT2D eigenvalue weighted by Crippen LogP contribution is -2.21. The fourth-order valence-electron chi connectivity index (χ4n) is 4.57. The summed E-state index contributed by atoms with van der Waals surface area (Å²) in [6, 6.07) is 13.7. The number of esters is 1. The Morgan fingerprint density at radius 3 is 2.64 bits per heavy atom. The largest absolute Gasteiger partial charge is 0.493 e. The molecule has 10 heteroatoms. The molecule has 1 saturated carbocycles. The van der Waals surface area contributed by atoms with E-state index in [2.05, 4.69) is 26.8 Å². The molecule has 4 aromatic rings. The molecule has 0 radical (unpaired) electrons. The predicted octanol–water partition coefficient (Wildman–Crippen LogP) is 5.26. The number of methoxy groups -OCH3 is 1. The minimum absolute atomic E-state index is 0.0381. The first kappa shape index (κ1) is 26.9. The van der Waals surface area contributed by atoms with Crippen LogP contribution in [-0.2, 0) is 11.3 Å². The van der Waals surface area contributed by atoms with Crippen molar-refractivity contribution in [2.45, 2.75) is 45.7 Å². The fourth-order valence-corrected chi connectivity index (χ4v) is 4.70. The van der Waals surface area contributed by atoms with E-state index >= 15 is 0 Å². The van der Waals surface area contributed by atoms with Gasteiger partial charge in [-0.3, -0.25) is 0 Å². The quantitative estimate of drug-likeness (QED) is 0.192. The number of fused-ring (bicyclic) bond motifs is 1. The average molecular weight is 550 g/mol. The van der Waals surface area contributed by atoms with Crippen molar-refractivity contribution in [3.63, 3.8) is 0 Å². The molecule has 0 bridgehead atoms. The normalized spacial score (nSPS) is 13.9. The molecule has 0 saturated heterocycles. The highest BCUT2D eigenvalue weighted by atomic mass is 35.5. The van der Waals surface area contributed by atoms with Gasteiger partial charge in [-0.1, -0.05) is 35.4 Å². The van der Waals surface area contributed by atoms with Gasteiger partial charge in [-0.05, 0) is 62.4 Å². The zero-order valence-electron chi connectivity index (χ0n) is 22.3. The Balaban J connectivity index is 1.73. The topological polar surface area (TPSA) is 111 Å². The Morgan fingerprint density at radius 1 is 1.18 bits per heavy atom. The van der Waals surface area contributed by atoms with Crippen LogP contribution < -0.4 is 10.1 Å². The lowest BCUT2D eigenvalue weighted by atomic mass is 10.1. The molecule has 0 spiro atoms. The van der Waals surface area contributed by atoms with Crippen LogP contribution in [0.15, 0.2) is 42.5 Å². The van der Waals surface area contributed by atoms with Gasteiger partial charge in [0.15, 0.2) is 11.5 Å². The van der Waals surface area contributed by atoms with Crippen LogP contribution in [0.1, 0.15) is 47.9 Å². The summed E-state index contributed by atoms with van der Waals surface area (Å²) in [6.07, 6.45) is 2.81. The summed E-state index contributed by atoms with van der Waals surface area (Å²) in [6.45, 7) is 4.99. The molecule has 2 aromatic carbocycles. The number of ether oxygens (including phenoxy) is 2. The minimum atomic E-state index is -0.628. The van der Waals surface area contributed by atoms with Gasteiger partial charge in [-0.15, -0.1) is 0 Å². The standard InChI is InChI=1S/C29H32ClN5O4/c1-17-5-12-23(39-14-4-13-36)22(15-17)28-34-26-24(35(28)16-19-6-10-21(30)11-7-19)25(31-18(2)20-8-9-20)32-27(33-26)29(37)38-3/h5-7,10-12,15,18,20,36H,4,8-9,13-14,16H2,1-3H3,(H,31,32,33)/t18-/m1/s1. The van der Waals surface area contributed by atoms with Crippen molar-refractivity contribution < 1.29 is 19.4 Å². The van der Waals surface area contributed by atoms with Crippen molar-refractivity contribution in [1.82, 2.24) is 19.5 Å². The third-order valence-corrected chi connectivity index (χ3v) is 7.11. The SMILES string of the molecule is COC(=O)c1nc(N[C@H](C)C2CC2)c2c(n1)nc(-c1cc(C)ccc1OCCCO)n2Cc1ccc(Cl)cc1. The molecule has 0 aliphatic heterocycles. The van der Waals surface area contributed by atoms with Crippen molar-refractivity contribution in [2.24, 2.45) is 5.92 Å². The Bertz CT molecular complexity index is 1480. The monoisotopic (exact) mass is 549 g/mol. The van der Waals surface area contributed by atoms with Gasteiger partial charge >= 0.3 is 5.97 Å². The van der Waals surface area contributed by atoms with Gasteiger partial charge in [0.2, 0.25) is 5.82 Å². The highest BCUT2D eigenvalue weighted by Gasteiger charge is 2.30. The van der Waals surface area contributed by atoms with Crippen LogP contribution >= 0.6 is 11.6 Å². The Kier molecular flexibility index (Phi) is 7.99. The summed E-state index contributed by atoms with van der Waals surface area (Å²) in [5.74, 6) is 1.66. The van der Waals surface area contributed by atoms with Crippen LogP contribution in [0.25, 0.3) is 22.6 Å². The zero-order chi connectivity index (χ0) is 27.5. The third kappa shape index (κ3) is 5.99. The first-order valence-corrected chi connectivity index (χ1v) is 13.5. The number of imidazole rings is 1. The average Bonchev–Trinajstić information content (AvgIpc) is 3.72. The van der Waals surface area contributed by atoms with Gasteiger partial charge in [0.05, 0.1) is 19.3 Å². The lowest BCUT2D eigenvalue weighted by Gasteiger charge is -2.18. The summed E-state index contributed by atoms with van der Waals surface area (Å²) >= 11 is 6.17. The number of hydrogen-bond acceptors (Lipinski definition) is 8. The molecule has 2 heterocycles. The maximum absolute atomic E-state index is 12.5. The number of aryl methyl sites for hydroxylation is 1. The summed E-state index contributed by atoms with van der Waals surface area (Å²) < 4.78 is 13.1. The maximum atomic E-state index is 12.5. The van der Waals surface area contributed by atoms with E-state index in [-0.39, 0.29) is 18.5 Å². The van der Waals surface area contributed by atoms with Crippen molar-refractivity contribution in [2.75, 3.05) is 25.6 Å². The molecule has 1 aliphatic carbocycles. The fraction of sp³-hybridized carbons (Fsp3) is 0.379. The number of aliphatic hydroxyl groups is 1. The number of carbonyl (C=O) groups is 1. The van der Waals surface area contributed by atoms with Crippen LogP contribution in [0.2, 0.25) is 5.02 Å².